The minimum absolute atomic E-state index is 0.241. The number of aromatic nitrogens is 2. The van der Waals surface area contributed by atoms with Crippen LogP contribution in [0.25, 0.3) is 0 Å². The van der Waals surface area contributed by atoms with E-state index in [9.17, 15) is 0 Å². The fraction of sp³-hybridized carbons (Fsp3) is 0.500. The largest absolute Gasteiger partial charge is 0.493 e. The van der Waals surface area contributed by atoms with Gasteiger partial charge in [-0.2, -0.15) is 4.98 Å². The minimum Gasteiger partial charge on any atom is -0.493 e. The van der Waals surface area contributed by atoms with Crippen molar-refractivity contribution in [2.75, 3.05) is 45.4 Å². The highest BCUT2D eigenvalue weighted by Crippen LogP contribution is 2.37. The first-order valence-corrected chi connectivity index (χ1v) is 9.26. The van der Waals surface area contributed by atoms with Crippen molar-refractivity contribution in [1.82, 2.24) is 14.9 Å². The van der Waals surface area contributed by atoms with Gasteiger partial charge in [-0.1, -0.05) is 0 Å². The predicted octanol–water partition coefficient (Wildman–Crippen LogP) is 3.30. The summed E-state index contributed by atoms with van der Waals surface area (Å²) in [4.78, 5) is 11.1. The first-order valence-electron chi connectivity index (χ1n) is 9.26. The number of rotatable bonds is 8. The molecule has 0 atom stereocenters. The zero-order valence-corrected chi connectivity index (χ0v) is 16.7. The van der Waals surface area contributed by atoms with Gasteiger partial charge in [0, 0.05) is 37.1 Å². The molecule has 0 spiro atoms. The van der Waals surface area contributed by atoms with E-state index in [0.717, 1.165) is 48.1 Å². The molecule has 0 saturated heterocycles. The van der Waals surface area contributed by atoms with Gasteiger partial charge in [0.15, 0.2) is 11.5 Å². The van der Waals surface area contributed by atoms with Crippen molar-refractivity contribution >= 4 is 17.5 Å². The zero-order valence-electron chi connectivity index (χ0n) is 16.7. The Kier molecular flexibility index (Phi) is 6.01. The van der Waals surface area contributed by atoms with Crippen LogP contribution in [0.2, 0.25) is 0 Å². The Hall–Kier alpha value is -2.54. The number of methoxy groups -OCH3 is 1. The van der Waals surface area contributed by atoms with Gasteiger partial charge in [-0.25, -0.2) is 4.98 Å². The Morgan fingerprint density at radius 1 is 1.15 bits per heavy atom. The van der Waals surface area contributed by atoms with E-state index in [4.69, 9.17) is 9.47 Å². The van der Waals surface area contributed by atoms with Gasteiger partial charge in [-0.3, -0.25) is 0 Å². The van der Waals surface area contributed by atoms with Gasteiger partial charge in [0.25, 0.3) is 0 Å². The second kappa shape index (κ2) is 8.43. The normalized spacial score (nSPS) is 18.7. The molecule has 7 nitrogen and oxygen atoms in total. The van der Waals surface area contributed by atoms with E-state index < -0.39 is 0 Å². The molecule has 0 amide bonds. The summed E-state index contributed by atoms with van der Waals surface area (Å²) in [6.45, 7) is 3.05. The van der Waals surface area contributed by atoms with Crippen molar-refractivity contribution in [2.24, 2.45) is 5.92 Å². The molecule has 1 aliphatic carbocycles. The Morgan fingerprint density at radius 2 is 1.93 bits per heavy atom. The number of hydrogen-bond acceptors (Lipinski definition) is 7. The second-order valence-electron chi connectivity index (χ2n) is 7.30. The number of hydrogen-bond donors (Lipinski definition) is 2. The van der Waals surface area contributed by atoms with Crippen molar-refractivity contribution in [2.45, 2.75) is 25.9 Å². The fourth-order valence-corrected chi connectivity index (χ4v) is 3.34. The highest BCUT2D eigenvalue weighted by atomic mass is 16.5. The number of nitrogens with zero attached hydrogens (tertiary/aromatic N) is 3. The fourth-order valence-electron chi connectivity index (χ4n) is 3.34. The smallest absolute Gasteiger partial charge is 0.229 e. The summed E-state index contributed by atoms with van der Waals surface area (Å²) in [6, 6.07) is 7.69. The van der Waals surface area contributed by atoms with Crippen LogP contribution in [0.3, 0.4) is 0 Å². The molecule has 27 heavy (non-hydrogen) atoms. The molecule has 2 aromatic rings. The summed E-state index contributed by atoms with van der Waals surface area (Å²) < 4.78 is 11.7. The lowest BCUT2D eigenvalue weighted by Gasteiger charge is -2.37. The van der Waals surface area contributed by atoms with E-state index in [1.54, 1.807) is 7.11 Å². The average Bonchev–Trinajstić information content (AvgIpc) is 2.59. The van der Waals surface area contributed by atoms with Crippen LogP contribution < -0.4 is 20.1 Å². The molecule has 7 heteroatoms. The first kappa shape index (κ1) is 19.2. The summed E-state index contributed by atoms with van der Waals surface area (Å²) >= 11 is 0. The molecule has 0 radical (unpaired) electrons. The van der Waals surface area contributed by atoms with Gasteiger partial charge in [-0.05, 0) is 51.9 Å². The van der Waals surface area contributed by atoms with Crippen LogP contribution in [0.4, 0.5) is 17.5 Å². The van der Waals surface area contributed by atoms with Gasteiger partial charge in [0.1, 0.15) is 5.82 Å². The van der Waals surface area contributed by atoms with Crippen molar-refractivity contribution < 1.29 is 9.47 Å². The van der Waals surface area contributed by atoms with E-state index in [2.05, 4.69) is 39.6 Å². The average molecular weight is 371 g/mol. The molecule has 1 heterocycles. The van der Waals surface area contributed by atoms with Crippen molar-refractivity contribution in [1.29, 1.82) is 0 Å². The maximum Gasteiger partial charge on any atom is 0.229 e. The third kappa shape index (κ3) is 5.01. The Balaban J connectivity index is 1.69. The van der Waals surface area contributed by atoms with E-state index in [1.165, 1.54) is 0 Å². The van der Waals surface area contributed by atoms with Crippen molar-refractivity contribution in [3.63, 3.8) is 0 Å². The van der Waals surface area contributed by atoms with Crippen LogP contribution in [-0.4, -0.2) is 55.8 Å². The minimum atomic E-state index is 0.241. The van der Waals surface area contributed by atoms with Crippen molar-refractivity contribution in [3.05, 3.63) is 30.0 Å². The van der Waals surface area contributed by atoms with Gasteiger partial charge in [-0.15, -0.1) is 0 Å². The van der Waals surface area contributed by atoms with Crippen LogP contribution in [0, 0.1) is 12.8 Å². The summed E-state index contributed by atoms with van der Waals surface area (Å²) in [6.07, 6.45) is 2.39. The van der Waals surface area contributed by atoms with Crippen LogP contribution in [0.5, 0.6) is 11.5 Å². The molecule has 0 bridgehead atoms. The molecule has 0 unspecified atom stereocenters. The van der Waals surface area contributed by atoms with E-state index in [1.807, 2.05) is 38.2 Å². The Morgan fingerprint density at radius 3 is 2.59 bits per heavy atom. The lowest BCUT2D eigenvalue weighted by molar-refractivity contribution is 0.0495. The van der Waals surface area contributed by atoms with Crippen LogP contribution in [-0.2, 0) is 0 Å². The number of ether oxygens (including phenoxy) is 2. The van der Waals surface area contributed by atoms with Crippen LogP contribution >= 0.6 is 0 Å². The van der Waals surface area contributed by atoms with Crippen molar-refractivity contribution in [3.8, 4) is 11.5 Å². The number of anilines is 3. The molecule has 2 N–H and O–H groups in total. The highest BCUT2D eigenvalue weighted by Gasteiger charge is 2.31. The quantitative estimate of drug-likeness (QED) is 0.738. The van der Waals surface area contributed by atoms with Gasteiger partial charge in [0.05, 0.1) is 13.2 Å². The van der Waals surface area contributed by atoms with E-state index in [-0.39, 0.29) is 6.10 Å². The third-order valence-corrected chi connectivity index (χ3v) is 4.64. The molecule has 0 aliphatic heterocycles. The summed E-state index contributed by atoms with van der Waals surface area (Å²) in [5.74, 6) is 3.51. The lowest BCUT2D eigenvalue weighted by atomic mass is 9.82. The summed E-state index contributed by atoms with van der Waals surface area (Å²) in [7, 11) is 7.72. The Labute approximate surface area is 161 Å². The van der Waals surface area contributed by atoms with Gasteiger partial charge < -0.3 is 25.0 Å². The Bertz CT molecular complexity index is 775. The monoisotopic (exact) mass is 371 g/mol. The molecule has 146 valence electrons. The van der Waals surface area contributed by atoms with Crippen LogP contribution in [0.15, 0.2) is 24.3 Å². The SMILES string of the molecule is CNc1cc(C)nc(Nc2ccc(OC)c(O[C@H]3C[C@H](CN(C)C)C3)c2)n1. The number of nitrogens with one attached hydrogen (secondary N) is 2. The summed E-state index contributed by atoms with van der Waals surface area (Å²) in [5, 5.41) is 6.29. The van der Waals surface area contributed by atoms with Crippen LogP contribution in [0.1, 0.15) is 18.5 Å². The number of benzene rings is 1. The number of aryl methyl sites for hydroxylation is 1. The molecule has 1 aromatic heterocycles. The lowest BCUT2D eigenvalue weighted by Crippen LogP contribution is -2.39. The summed E-state index contributed by atoms with van der Waals surface area (Å²) in [5.41, 5.74) is 1.76. The maximum absolute atomic E-state index is 6.19. The zero-order chi connectivity index (χ0) is 19.4. The standard InChI is InChI=1S/C20H29N5O2/c1-13-8-19(21-2)24-20(22-13)23-15-6-7-17(26-5)18(11-15)27-16-9-14(10-16)12-25(3)4/h6-8,11,14,16H,9-10,12H2,1-5H3,(H2,21,22,23,24)/t14-,16-. The topological polar surface area (TPSA) is 71.5 Å². The molecule has 1 saturated carbocycles. The third-order valence-electron chi connectivity index (χ3n) is 4.64. The van der Waals surface area contributed by atoms with Gasteiger partial charge in [0.2, 0.25) is 5.95 Å². The molecule has 3 rings (SSSR count). The highest BCUT2D eigenvalue weighted by molar-refractivity contribution is 5.60. The predicted molar refractivity (Wildman–Crippen MR) is 108 cm³/mol. The molecule has 1 fully saturated rings. The molecule has 1 aromatic carbocycles. The molecule has 1 aliphatic rings. The van der Waals surface area contributed by atoms with E-state index in [0.29, 0.717) is 11.9 Å². The molecular weight excluding hydrogens is 342 g/mol. The maximum atomic E-state index is 6.19. The van der Waals surface area contributed by atoms with E-state index >= 15 is 0 Å². The molecular formula is C20H29N5O2. The van der Waals surface area contributed by atoms with Gasteiger partial charge >= 0.3 is 0 Å². The first-order chi connectivity index (χ1) is 13.0. The second-order valence-corrected chi connectivity index (χ2v) is 7.30.